The first-order valence-corrected chi connectivity index (χ1v) is 14.1. The van der Waals surface area contributed by atoms with Crippen molar-refractivity contribution in [3.05, 3.63) is 68.4 Å². The van der Waals surface area contributed by atoms with Gasteiger partial charge in [0.2, 0.25) is 10.0 Å². The van der Waals surface area contributed by atoms with Gasteiger partial charge in [0.15, 0.2) is 0 Å². The molecule has 0 spiro atoms. The van der Waals surface area contributed by atoms with Crippen LogP contribution in [0.25, 0.3) is 0 Å². The third kappa shape index (κ3) is 6.74. The van der Waals surface area contributed by atoms with Crippen molar-refractivity contribution < 1.29 is 22.3 Å². The Kier molecular flexibility index (Phi) is 7.51. The summed E-state index contributed by atoms with van der Waals surface area (Å²) in [4.78, 5) is 14.6. The van der Waals surface area contributed by atoms with E-state index in [1.165, 1.54) is 12.1 Å². The molecule has 4 rings (SSSR count). The number of sulfonamides is 1. The van der Waals surface area contributed by atoms with Crippen LogP contribution in [0.15, 0.2) is 30.3 Å². The van der Waals surface area contributed by atoms with E-state index in [2.05, 4.69) is 18.7 Å². The minimum Gasteiger partial charge on any atom is -0.375 e. The molecule has 0 radical (unpaired) electrons. The highest BCUT2D eigenvalue weighted by atomic mass is 35.5. The van der Waals surface area contributed by atoms with Crippen molar-refractivity contribution in [2.75, 3.05) is 19.4 Å². The summed E-state index contributed by atoms with van der Waals surface area (Å²) in [5, 5.41) is 1.15. The summed E-state index contributed by atoms with van der Waals surface area (Å²) in [7, 11) is -3.80. The lowest BCUT2D eigenvalue weighted by atomic mass is 9.94. The fourth-order valence-corrected chi connectivity index (χ4v) is 5.52. The minimum absolute atomic E-state index is 0.0911. The first-order chi connectivity index (χ1) is 16.3. The molecule has 1 saturated carbocycles. The smallest absolute Gasteiger partial charge is 0.267 e. The van der Waals surface area contributed by atoms with Crippen molar-refractivity contribution >= 4 is 39.1 Å². The summed E-state index contributed by atoms with van der Waals surface area (Å²) in [5.74, 6) is -1.45. The standard InChI is InChI=1S/C25H29Cl2FN2O4S/c1-25(2)14-34-20(8-15-6-18(26)10-19(27)7-15)13-30(25)12-17-9-23(28)22(11-21(17)16-4-5-16)24(31)29-35(3,32)33/h6-7,9-11,16,20H,4-5,8,12-14H2,1-3H3,(H,29,31)/t20-/m1/s1. The highest BCUT2D eigenvalue weighted by molar-refractivity contribution is 7.89. The first-order valence-electron chi connectivity index (χ1n) is 11.5. The van der Waals surface area contributed by atoms with Crippen LogP contribution in [0.4, 0.5) is 4.39 Å². The number of rotatable bonds is 7. The van der Waals surface area contributed by atoms with Crippen LogP contribution in [-0.2, 0) is 27.7 Å². The summed E-state index contributed by atoms with van der Waals surface area (Å²) in [6, 6.07) is 8.34. The van der Waals surface area contributed by atoms with Gasteiger partial charge in [-0.05, 0) is 86.1 Å². The van der Waals surface area contributed by atoms with E-state index in [0.717, 1.165) is 35.8 Å². The Morgan fingerprint density at radius 3 is 2.43 bits per heavy atom. The SMILES string of the molecule is CC1(C)CO[C@H](Cc2cc(Cl)cc(Cl)c2)CN1Cc1cc(F)c(C(=O)NS(C)(=O)=O)cc1C1CC1. The molecule has 1 N–H and O–H groups in total. The van der Waals surface area contributed by atoms with Crippen LogP contribution >= 0.6 is 23.2 Å². The van der Waals surface area contributed by atoms with Gasteiger partial charge in [0, 0.05) is 28.7 Å². The minimum atomic E-state index is -3.80. The number of hydrogen-bond donors (Lipinski definition) is 1. The van der Waals surface area contributed by atoms with Gasteiger partial charge in [0.1, 0.15) is 5.82 Å². The van der Waals surface area contributed by atoms with E-state index in [0.29, 0.717) is 36.2 Å². The zero-order valence-electron chi connectivity index (χ0n) is 19.9. The van der Waals surface area contributed by atoms with Crippen molar-refractivity contribution in [2.24, 2.45) is 0 Å². The maximum absolute atomic E-state index is 15.0. The summed E-state index contributed by atoms with van der Waals surface area (Å²) < 4.78 is 45.9. The molecular weight excluding hydrogens is 514 g/mol. The molecule has 2 aromatic carbocycles. The topological polar surface area (TPSA) is 75.7 Å². The van der Waals surface area contributed by atoms with Gasteiger partial charge in [0.25, 0.3) is 5.91 Å². The second kappa shape index (κ2) is 9.98. The molecule has 1 heterocycles. The molecule has 1 atom stereocenters. The van der Waals surface area contributed by atoms with Gasteiger partial charge in [-0.1, -0.05) is 23.2 Å². The van der Waals surface area contributed by atoms with Gasteiger partial charge >= 0.3 is 0 Å². The Balaban J connectivity index is 1.57. The zero-order valence-corrected chi connectivity index (χ0v) is 22.2. The first kappa shape index (κ1) is 26.4. The van der Waals surface area contributed by atoms with Crippen LogP contribution in [0.2, 0.25) is 10.0 Å². The van der Waals surface area contributed by atoms with E-state index in [-0.39, 0.29) is 23.1 Å². The lowest BCUT2D eigenvalue weighted by Crippen LogP contribution is -2.56. The summed E-state index contributed by atoms with van der Waals surface area (Å²) in [5.41, 5.74) is 2.15. The molecule has 10 heteroatoms. The molecule has 6 nitrogen and oxygen atoms in total. The predicted octanol–water partition coefficient (Wildman–Crippen LogP) is 4.92. The number of nitrogens with one attached hydrogen (secondary N) is 1. The highest BCUT2D eigenvalue weighted by Crippen LogP contribution is 2.43. The number of carbonyl (C=O) groups excluding carboxylic acids is 1. The zero-order chi connectivity index (χ0) is 25.5. The molecule has 2 aromatic rings. The van der Waals surface area contributed by atoms with Gasteiger partial charge in [-0.2, -0.15) is 0 Å². The quantitative estimate of drug-likeness (QED) is 0.537. The van der Waals surface area contributed by atoms with E-state index in [1.807, 2.05) is 16.9 Å². The van der Waals surface area contributed by atoms with E-state index in [9.17, 15) is 13.2 Å². The Hall–Kier alpha value is -1.71. The Bertz CT molecular complexity index is 1230. The van der Waals surface area contributed by atoms with Crippen LogP contribution in [0.5, 0.6) is 0 Å². The van der Waals surface area contributed by atoms with Gasteiger partial charge in [0.05, 0.1) is 24.5 Å². The largest absolute Gasteiger partial charge is 0.375 e. The van der Waals surface area contributed by atoms with Crippen molar-refractivity contribution in [2.45, 2.75) is 57.2 Å². The molecule has 0 unspecified atom stereocenters. The number of morpholine rings is 1. The fraction of sp³-hybridized carbons (Fsp3) is 0.480. The summed E-state index contributed by atoms with van der Waals surface area (Å²) in [6.45, 7) is 5.78. The number of nitrogens with zero attached hydrogens (tertiary/aromatic N) is 1. The molecule has 0 aromatic heterocycles. The van der Waals surface area contributed by atoms with Crippen LogP contribution in [0, 0.1) is 5.82 Å². The molecule has 1 aliphatic carbocycles. The Labute approximate surface area is 215 Å². The van der Waals surface area contributed by atoms with Crippen LogP contribution < -0.4 is 4.72 Å². The molecule has 1 amide bonds. The number of amides is 1. The van der Waals surface area contributed by atoms with E-state index < -0.39 is 21.7 Å². The molecular formula is C25H29Cl2FN2O4S. The molecule has 1 saturated heterocycles. The lowest BCUT2D eigenvalue weighted by molar-refractivity contribution is -0.101. The molecule has 1 aliphatic heterocycles. The summed E-state index contributed by atoms with van der Waals surface area (Å²) in [6.07, 6.45) is 3.33. The average Bonchev–Trinajstić information content (AvgIpc) is 3.54. The van der Waals surface area contributed by atoms with E-state index in [1.54, 1.807) is 6.07 Å². The maximum atomic E-state index is 15.0. The van der Waals surface area contributed by atoms with Crippen molar-refractivity contribution in [3.8, 4) is 0 Å². The number of hydrogen-bond acceptors (Lipinski definition) is 5. The van der Waals surface area contributed by atoms with Crippen LogP contribution in [0.3, 0.4) is 0 Å². The Morgan fingerprint density at radius 1 is 1.17 bits per heavy atom. The Morgan fingerprint density at radius 2 is 1.83 bits per heavy atom. The van der Waals surface area contributed by atoms with Crippen LogP contribution in [0.1, 0.15) is 59.7 Å². The van der Waals surface area contributed by atoms with Crippen molar-refractivity contribution in [3.63, 3.8) is 0 Å². The third-order valence-electron chi connectivity index (χ3n) is 6.47. The van der Waals surface area contributed by atoms with E-state index >= 15 is 4.39 Å². The van der Waals surface area contributed by atoms with Gasteiger partial charge in [-0.3, -0.25) is 9.69 Å². The molecule has 2 aliphatic rings. The van der Waals surface area contributed by atoms with Gasteiger partial charge in [-0.15, -0.1) is 0 Å². The monoisotopic (exact) mass is 542 g/mol. The molecule has 0 bridgehead atoms. The number of halogens is 3. The fourth-order valence-electron chi connectivity index (χ4n) is 4.50. The lowest BCUT2D eigenvalue weighted by Gasteiger charge is -2.45. The normalized spacial score (nSPS) is 20.6. The third-order valence-corrected chi connectivity index (χ3v) is 7.46. The molecule has 35 heavy (non-hydrogen) atoms. The molecule has 190 valence electrons. The second-order valence-corrected chi connectivity index (χ2v) is 12.7. The summed E-state index contributed by atoms with van der Waals surface area (Å²) >= 11 is 12.3. The number of benzene rings is 2. The van der Waals surface area contributed by atoms with Crippen molar-refractivity contribution in [1.29, 1.82) is 0 Å². The van der Waals surface area contributed by atoms with E-state index in [4.69, 9.17) is 27.9 Å². The predicted molar refractivity (Wildman–Crippen MR) is 135 cm³/mol. The average molecular weight is 543 g/mol. The second-order valence-electron chi connectivity index (χ2n) is 10.1. The maximum Gasteiger partial charge on any atom is 0.267 e. The molecule has 2 fully saturated rings. The number of carbonyl (C=O) groups is 1. The van der Waals surface area contributed by atoms with Gasteiger partial charge in [-0.25, -0.2) is 17.5 Å². The highest BCUT2D eigenvalue weighted by Gasteiger charge is 2.37. The van der Waals surface area contributed by atoms with Crippen LogP contribution in [-0.4, -0.2) is 50.3 Å². The van der Waals surface area contributed by atoms with Gasteiger partial charge < -0.3 is 4.74 Å². The number of ether oxygens (including phenoxy) is 1. The van der Waals surface area contributed by atoms with Crippen molar-refractivity contribution in [1.82, 2.24) is 9.62 Å².